The van der Waals surface area contributed by atoms with Crippen LogP contribution in [0.25, 0.3) is 10.9 Å². The normalized spacial score (nSPS) is 20.1. The summed E-state index contributed by atoms with van der Waals surface area (Å²) in [7, 11) is 1.70. The lowest BCUT2D eigenvalue weighted by molar-refractivity contribution is 0.0806. The molecule has 0 N–H and O–H groups in total. The summed E-state index contributed by atoms with van der Waals surface area (Å²) in [5.74, 6) is 3.11. The number of aromatic nitrogens is 1. The summed E-state index contributed by atoms with van der Waals surface area (Å²) in [6.07, 6.45) is 11.1. The summed E-state index contributed by atoms with van der Waals surface area (Å²) in [5, 5.41) is 1.03. The molecule has 0 unspecified atom stereocenters. The lowest BCUT2D eigenvalue weighted by atomic mass is 9.84. The number of piperidine rings is 1. The Bertz CT molecular complexity index is 749. The minimum Gasteiger partial charge on any atom is -0.497 e. The molecule has 1 aliphatic heterocycles. The summed E-state index contributed by atoms with van der Waals surface area (Å²) in [4.78, 5) is 7.14. The molecule has 1 fully saturated rings. The summed E-state index contributed by atoms with van der Waals surface area (Å²) in [6, 6.07) is 7.95. The Kier molecular flexibility index (Phi) is 8.60. The van der Waals surface area contributed by atoms with Crippen molar-refractivity contribution in [2.75, 3.05) is 33.4 Å². The van der Waals surface area contributed by atoms with E-state index in [4.69, 9.17) is 9.47 Å². The molecule has 1 saturated heterocycles. The second-order valence-corrected chi connectivity index (χ2v) is 8.44. The van der Waals surface area contributed by atoms with Gasteiger partial charge < -0.3 is 14.4 Å². The number of hydrogen-bond acceptors (Lipinski definition) is 4. The second-order valence-electron chi connectivity index (χ2n) is 8.44. The number of ether oxygens (including phenoxy) is 2. The van der Waals surface area contributed by atoms with Crippen LogP contribution in [-0.4, -0.2) is 43.2 Å². The predicted octanol–water partition coefficient (Wildman–Crippen LogP) is 5.94. The van der Waals surface area contributed by atoms with Crippen molar-refractivity contribution in [2.45, 2.75) is 58.8 Å². The van der Waals surface area contributed by atoms with Crippen molar-refractivity contribution >= 4 is 10.9 Å². The molecule has 0 bridgehead atoms. The highest BCUT2D eigenvalue weighted by Crippen LogP contribution is 2.31. The zero-order valence-electron chi connectivity index (χ0n) is 18.5. The molecule has 4 nitrogen and oxygen atoms in total. The van der Waals surface area contributed by atoms with E-state index in [9.17, 15) is 0 Å². The maximum atomic E-state index is 6.34. The highest BCUT2D eigenvalue weighted by molar-refractivity contribution is 5.86. The Balaban J connectivity index is 1.54. The molecule has 160 valence electrons. The lowest BCUT2D eigenvalue weighted by Crippen LogP contribution is -2.42. The SMILES string of the molecule is CCCCCCCN1CC[C@@H](COc2ccnc3ccc(OC)cc23)[C@@H](CC)C1. The zero-order chi connectivity index (χ0) is 20.5. The highest BCUT2D eigenvalue weighted by Gasteiger charge is 2.28. The molecule has 0 aliphatic carbocycles. The van der Waals surface area contributed by atoms with Crippen molar-refractivity contribution in [1.29, 1.82) is 0 Å². The molecule has 3 rings (SSSR count). The average Bonchev–Trinajstić information content (AvgIpc) is 2.77. The summed E-state index contributed by atoms with van der Waals surface area (Å²) >= 11 is 0. The van der Waals surface area contributed by atoms with E-state index in [1.165, 1.54) is 64.6 Å². The smallest absolute Gasteiger partial charge is 0.130 e. The van der Waals surface area contributed by atoms with Gasteiger partial charge in [-0.3, -0.25) is 4.98 Å². The first kappa shape index (κ1) is 21.9. The van der Waals surface area contributed by atoms with E-state index in [0.29, 0.717) is 5.92 Å². The van der Waals surface area contributed by atoms with Crippen LogP contribution >= 0.6 is 0 Å². The van der Waals surface area contributed by atoms with Gasteiger partial charge in [0.05, 0.1) is 19.2 Å². The number of unbranched alkanes of at least 4 members (excludes halogenated alkanes) is 4. The third kappa shape index (κ3) is 6.08. The van der Waals surface area contributed by atoms with E-state index < -0.39 is 0 Å². The van der Waals surface area contributed by atoms with Gasteiger partial charge in [0, 0.05) is 18.1 Å². The van der Waals surface area contributed by atoms with Crippen molar-refractivity contribution in [1.82, 2.24) is 9.88 Å². The predicted molar refractivity (Wildman–Crippen MR) is 121 cm³/mol. The molecule has 0 radical (unpaired) electrons. The van der Waals surface area contributed by atoms with Crippen molar-refractivity contribution in [2.24, 2.45) is 11.8 Å². The van der Waals surface area contributed by atoms with Crippen LogP contribution < -0.4 is 9.47 Å². The molecule has 4 heteroatoms. The quantitative estimate of drug-likeness (QED) is 0.439. The summed E-state index contributed by atoms with van der Waals surface area (Å²) in [5.41, 5.74) is 0.952. The van der Waals surface area contributed by atoms with E-state index in [1.807, 2.05) is 30.5 Å². The number of pyridine rings is 1. The van der Waals surface area contributed by atoms with Gasteiger partial charge in [0.25, 0.3) is 0 Å². The van der Waals surface area contributed by atoms with Gasteiger partial charge in [0.15, 0.2) is 0 Å². The van der Waals surface area contributed by atoms with Gasteiger partial charge in [0.2, 0.25) is 0 Å². The first-order valence-corrected chi connectivity index (χ1v) is 11.5. The largest absolute Gasteiger partial charge is 0.497 e. The van der Waals surface area contributed by atoms with Crippen LogP contribution in [-0.2, 0) is 0 Å². The van der Waals surface area contributed by atoms with Crippen molar-refractivity contribution in [3.05, 3.63) is 30.5 Å². The Labute approximate surface area is 176 Å². The Morgan fingerprint density at radius 2 is 1.93 bits per heavy atom. The first-order chi connectivity index (χ1) is 14.2. The molecule has 0 amide bonds. The summed E-state index contributed by atoms with van der Waals surface area (Å²) in [6.45, 7) is 9.10. The molecule has 1 aromatic heterocycles. The fourth-order valence-corrected chi connectivity index (χ4v) is 4.53. The van der Waals surface area contributed by atoms with Gasteiger partial charge in [-0.05, 0) is 62.0 Å². The minimum absolute atomic E-state index is 0.630. The molecule has 1 aromatic carbocycles. The highest BCUT2D eigenvalue weighted by atomic mass is 16.5. The van der Waals surface area contributed by atoms with Gasteiger partial charge in [0.1, 0.15) is 11.5 Å². The van der Waals surface area contributed by atoms with Crippen LogP contribution in [0, 0.1) is 11.8 Å². The van der Waals surface area contributed by atoms with Gasteiger partial charge in [-0.1, -0.05) is 46.0 Å². The van der Waals surface area contributed by atoms with Crippen molar-refractivity contribution in [3.8, 4) is 11.5 Å². The molecular formula is C25H38N2O2. The van der Waals surface area contributed by atoms with E-state index in [0.717, 1.165) is 34.9 Å². The standard InChI is InChI=1S/C25H38N2O2/c1-4-6-7-8-9-15-27-16-13-21(20(5-2)18-27)19-29-25-12-14-26-24-11-10-22(28-3)17-23(24)25/h10-12,14,17,20-21H,4-9,13,15-16,18-19H2,1-3H3/t20-,21-/m0/s1. The molecule has 2 heterocycles. The number of hydrogen-bond donors (Lipinski definition) is 0. The van der Waals surface area contributed by atoms with E-state index in [-0.39, 0.29) is 0 Å². The van der Waals surface area contributed by atoms with Crippen molar-refractivity contribution in [3.63, 3.8) is 0 Å². The van der Waals surface area contributed by atoms with Gasteiger partial charge in [-0.15, -0.1) is 0 Å². The van der Waals surface area contributed by atoms with Crippen LogP contribution in [0.5, 0.6) is 11.5 Å². The third-order valence-electron chi connectivity index (χ3n) is 6.44. The number of rotatable bonds is 11. The molecule has 29 heavy (non-hydrogen) atoms. The van der Waals surface area contributed by atoms with Crippen LogP contribution in [0.2, 0.25) is 0 Å². The van der Waals surface area contributed by atoms with Crippen LogP contribution in [0.3, 0.4) is 0 Å². The van der Waals surface area contributed by atoms with Crippen molar-refractivity contribution < 1.29 is 9.47 Å². The fraction of sp³-hybridized carbons (Fsp3) is 0.640. The monoisotopic (exact) mass is 398 g/mol. The van der Waals surface area contributed by atoms with Crippen LogP contribution in [0.1, 0.15) is 58.8 Å². The van der Waals surface area contributed by atoms with Crippen LogP contribution in [0.4, 0.5) is 0 Å². The van der Waals surface area contributed by atoms with E-state index in [2.05, 4.69) is 23.7 Å². The van der Waals surface area contributed by atoms with Gasteiger partial charge in [-0.2, -0.15) is 0 Å². The van der Waals surface area contributed by atoms with E-state index >= 15 is 0 Å². The molecule has 2 aromatic rings. The van der Waals surface area contributed by atoms with E-state index in [1.54, 1.807) is 7.11 Å². The topological polar surface area (TPSA) is 34.6 Å². The first-order valence-electron chi connectivity index (χ1n) is 11.5. The molecule has 2 atom stereocenters. The molecule has 0 saturated carbocycles. The Hall–Kier alpha value is -1.81. The van der Waals surface area contributed by atoms with Crippen LogP contribution in [0.15, 0.2) is 30.5 Å². The molecule has 0 spiro atoms. The van der Waals surface area contributed by atoms with Gasteiger partial charge >= 0.3 is 0 Å². The lowest BCUT2D eigenvalue weighted by Gasteiger charge is -2.38. The number of methoxy groups -OCH3 is 1. The maximum Gasteiger partial charge on any atom is 0.130 e. The Morgan fingerprint density at radius 1 is 1.07 bits per heavy atom. The maximum absolute atomic E-state index is 6.34. The number of nitrogens with zero attached hydrogens (tertiary/aromatic N) is 2. The minimum atomic E-state index is 0.630. The number of benzene rings is 1. The fourth-order valence-electron chi connectivity index (χ4n) is 4.53. The molecular weight excluding hydrogens is 360 g/mol. The average molecular weight is 399 g/mol. The third-order valence-corrected chi connectivity index (χ3v) is 6.44. The zero-order valence-corrected chi connectivity index (χ0v) is 18.5. The second kappa shape index (κ2) is 11.4. The Morgan fingerprint density at radius 3 is 2.72 bits per heavy atom. The summed E-state index contributed by atoms with van der Waals surface area (Å²) < 4.78 is 11.7. The number of likely N-dealkylation sites (tertiary alicyclic amines) is 1. The molecule has 1 aliphatic rings. The number of fused-ring (bicyclic) bond motifs is 1. The van der Waals surface area contributed by atoms with Gasteiger partial charge in [-0.25, -0.2) is 0 Å².